The van der Waals surface area contributed by atoms with Crippen LogP contribution < -0.4 is 10.6 Å². The van der Waals surface area contributed by atoms with E-state index in [2.05, 4.69) is 10.6 Å². The van der Waals surface area contributed by atoms with Crippen molar-refractivity contribution < 1.29 is 19.1 Å². The molecule has 0 aliphatic rings. The fraction of sp³-hybridized carbons (Fsp3) is 0.263. The number of aliphatic hydroxyl groups excluding tert-OH is 1. The van der Waals surface area contributed by atoms with E-state index in [0.717, 1.165) is 17.5 Å². The SMILES string of the molecule is CCc1cc(NC(=O)C(=O)NCc2ccc(F)c(CO)c2)ccc1C. The zero-order valence-electron chi connectivity index (χ0n) is 14.2. The second kappa shape index (κ2) is 8.39. The summed E-state index contributed by atoms with van der Waals surface area (Å²) >= 11 is 0. The number of anilines is 1. The van der Waals surface area contributed by atoms with Gasteiger partial charge >= 0.3 is 11.8 Å². The zero-order chi connectivity index (χ0) is 18.4. The maximum Gasteiger partial charge on any atom is 0.313 e. The Labute approximate surface area is 145 Å². The van der Waals surface area contributed by atoms with Gasteiger partial charge in [-0.05, 0) is 54.3 Å². The molecule has 0 heterocycles. The van der Waals surface area contributed by atoms with Crippen molar-refractivity contribution in [3.8, 4) is 0 Å². The normalized spacial score (nSPS) is 10.4. The van der Waals surface area contributed by atoms with Crippen LogP contribution in [0.2, 0.25) is 0 Å². The number of halogens is 1. The lowest BCUT2D eigenvalue weighted by Crippen LogP contribution is -2.35. The maximum absolute atomic E-state index is 13.3. The van der Waals surface area contributed by atoms with Crippen molar-refractivity contribution in [1.29, 1.82) is 0 Å². The standard InChI is InChI=1S/C19H21FN2O3/c1-3-14-9-16(6-4-12(14)2)22-19(25)18(24)21-10-13-5-7-17(20)15(8-13)11-23/h4-9,23H,3,10-11H2,1-2H3,(H,21,24)(H,22,25). The first kappa shape index (κ1) is 18.6. The van der Waals surface area contributed by atoms with Crippen LogP contribution in [-0.4, -0.2) is 16.9 Å². The zero-order valence-corrected chi connectivity index (χ0v) is 14.2. The van der Waals surface area contributed by atoms with Crippen molar-refractivity contribution in [3.63, 3.8) is 0 Å². The van der Waals surface area contributed by atoms with E-state index in [-0.39, 0.29) is 12.1 Å². The Morgan fingerprint density at radius 2 is 1.84 bits per heavy atom. The number of nitrogens with one attached hydrogen (secondary N) is 2. The highest BCUT2D eigenvalue weighted by Crippen LogP contribution is 2.16. The first-order valence-electron chi connectivity index (χ1n) is 8.01. The molecule has 0 radical (unpaired) electrons. The fourth-order valence-electron chi connectivity index (χ4n) is 2.44. The van der Waals surface area contributed by atoms with Gasteiger partial charge in [-0.25, -0.2) is 4.39 Å². The average Bonchev–Trinajstić information content (AvgIpc) is 2.62. The van der Waals surface area contributed by atoms with E-state index in [4.69, 9.17) is 5.11 Å². The predicted molar refractivity (Wildman–Crippen MR) is 93.4 cm³/mol. The van der Waals surface area contributed by atoms with E-state index >= 15 is 0 Å². The van der Waals surface area contributed by atoms with Gasteiger partial charge in [0.05, 0.1) is 6.61 Å². The lowest BCUT2D eigenvalue weighted by Gasteiger charge is -2.10. The van der Waals surface area contributed by atoms with Crippen molar-refractivity contribution >= 4 is 17.5 Å². The number of aliphatic hydroxyl groups is 1. The summed E-state index contributed by atoms with van der Waals surface area (Å²) in [5.74, 6) is -2.06. The number of benzene rings is 2. The molecular formula is C19H21FN2O3. The summed E-state index contributed by atoms with van der Waals surface area (Å²) in [5, 5.41) is 14.1. The molecule has 0 fully saturated rings. The van der Waals surface area contributed by atoms with Crippen LogP contribution in [0.3, 0.4) is 0 Å². The molecule has 0 aromatic heterocycles. The Balaban J connectivity index is 1.95. The minimum absolute atomic E-state index is 0.0631. The Hall–Kier alpha value is -2.73. The van der Waals surface area contributed by atoms with Gasteiger partial charge in [-0.15, -0.1) is 0 Å². The van der Waals surface area contributed by atoms with Crippen LogP contribution in [0.5, 0.6) is 0 Å². The number of hydrogen-bond donors (Lipinski definition) is 3. The van der Waals surface area contributed by atoms with Gasteiger partial charge < -0.3 is 15.7 Å². The summed E-state index contributed by atoms with van der Waals surface area (Å²) in [6, 6.07) is 9.62. The molecule has 132 valence electrons. The van der Waals surface area contributed by atoms with Crippen LogP contribution in [0.15, 0.2) is 36.4 Å². The molecule has 2 aromatic carbocycles. The van der Waals surface area contributed by atoms with E-state index in [9.17, 15) is 14.0 Å². The Morgan fingerprint density at radius 3 is 2.52 bits per heavy atom. The third-order valence-corrected chi connectivity index (χ3v) is 3.93. The molecule has 0 aliphatic heterocycles. The van der Waals surface area contributed by atoms with Crippen LogP contribution >= 0.6 is 0 Å². The first-order valence-corrected chi connectivity index (χ1v) is 8.01. The molecule has 3 N–H and O–H groups in total. The van der Waals surface area contributed by atoms with E-state index in [1.807, 2.05) is 26.0 Å². The number of aryl methyl sites for hydroxylation is 2. The molecule has 0 aliphatic carbocycles. The molecule has 5 nitrogen and oxygen atoms in total. The smallest absolute Gasteiger partial charge is 0.313 e. The third-order valence-electron chi connectivity index (χ3n) is 3.93. The third kappa shape index (κ3) is 4.87. The van der Waals surface area contributed by atoms with Crippen LogP contribution in [0.4, 0.5) is 10.1 Å². The summed E-state index contributed by atoms with van der Waals surface area (Å²) in [7, 11) is 0. The molecule has 0 unspecified atom stereocenters. The molecule has 0 bridgehead atoms. The average molecular weight is 344 g/mol. The molecule has 2 aromatic rings. The summed E-state index contributed by atoms with van der Waals surface area (Å²) in [6.45, 7) is 3.64. The van der Waals surface area contributed by atoms with Crippen molar-refractivity contribution in [1.82, 2.24) is 5.32 Å². The molecule has 0 saturated heterocycles. The molecule has 0 spiro atoms. The topological polar surface area (TPSA) is 78.4 Å². The van der Waals surface area contributed by atoms with Crippen molar-refractivity contribution in [2.24, 2.45) is 0 Å². The molecule has 25 heavy (non-hydrogen) atoms. The van der Waals surface area contributed by atoms with E-state index in [1.54, 1.807) is 6.07 Å². The van der Waals surface area contributed by atoms with Crippen molar-refractivity contribution in [2.45, 2.75) is 33.4 Å². The van der Waals surface area contributed by atoms with Crippen molar-refractivity contribution in [3.05, 3.63) is 64.5 Å². The van der Waals surface area contributed by atoms with Crippen LogP contribution in [0, 0.1) is 12.7 Å². The van der Waals surface area contributed by atoms with Crippen molar-refractivity contribution in [2.75, 3.05) is 5.32 Å². The van der Waals surface area contributed by atoms with Gasteiger partial charge in [0.25, 0.3) is 0 Å². The van der Waals surface area contributed by atoms with Gasteiger partial charge in [0, 0.05) is 17.8 Å². The number of carbonyl (C=O) groups is 2. The molecule has 2 amide bonds. The van der Waals surface area contributed by atoms with E-state index in [1.165, 1.54) is 18.2 Å². The molecule has 2 rings (SSSR count). The largest absolute Gasteiger partial charge is 0.392 e. The predicted octanol–water partition coefficient (Wildman–Crippen LogP) is 2.44. The highest BCUT2D eigenvalue weighted by molar-refractivity contribution is 6.39. The van der Waals surface area contributed by atoms with E-state index < -0.39 is 24.2 Å². The minimum atomic E-state index is -0.784. The first-order chi connectivity index (χ1) is 11.9. The highest BCUT2D eigenvalue weighted by Gasteiger charge is 2.14. The lowest BCUT2D eigenvalue weighted by molar-refractivity contribution is -0.136. The van der Waals surface area contributed by atoms with Gasteiger partial charge in [-0.3, -0.25) is 9.59 Å². The number of hydrogen-bond acceptors (Lipinski definition) is 3. The molecule has 0 saturated carbocycles. The Morgan fingerprint density at radius 1 is 1.08 bits per heavy atom. The Kier molecular flexibility index (Phi) is 6.25. The minimum Gasteiger partial charge on any atom is -0.392 e. The maximum atomic E-state index is 13.3. The number of rotatable bonds is 5. The second-order valence-electron chi connectivity index (χ2n) is 5.72. The van der Waals surface area contributed by atoms with Gasteiger partial charge in [0.1, 0.15) is 5.82 Å². The van der Waals surface area contributed by atoms with E-state index in [0.29, 0.717) is 11.3 Å². The summed E-state index contributed by atoms with van der Waals surface area (Å²) in [6.07, 6.45) is 0.833. The molecule has 0 atom stereocenters. The number of carbonyl (C=O) groups excluding carboxylic acids is 2. The lowest BCUT2D eigenvalue weighted by atomic mass is 10.1. The summed E-state index contributed by atoms with van der Waals surface area (Å²) in [4.78, 5) is 23.9. The monoisotopic (exact) mass is 344 g/mol. The van der Waals surface area contributed by atoms with Gasteiger partial charge in [-0.2, -0.15) is 0 Å². The van der Waals surface area contributed by atoms with Crippen LogP contribution in [0.1, 0.15) is 29.2 Å². The van der Waals surface area contributed by atoms with Gasteiger partial charge in [0.2, 0.25) is 0 Å². The summed E-state index contributed by atoms with van der Waals surface area (Å²) in [5.41, 5.74) is 3.52. The molecule has 6 heteroatoms. The summed E-state index contributed by atoms with van der Waals surface area (Å²) < 4.78 is 13.3. The second-order valence-corrected chi connectivity index (χ2v) is 5.72. The number of amides is 2. The Bertz CT molecular complexity index is 790. The van der Waals surface area contributed by atoms with Crippen LogP contribution in [0.25, 0.3) is 0 Å². The van der Waals surface area contributed by atoms with Gasteiger partial charge in [0.15, 0.2) is 0 Å². The molecular weight excluding hydrogens is 323 g/mol. The fourth-order valence-corrected chi connectivity index (χ4v) is 2.44. The highest BCUT2D eigenvalue weighted by atomic mass is 19.1. The quantitative estimate of drug-likeness (QED) is 0.729. The van der Waals surface area contributed by atoms with Crippen LogP contribution in [-0.2, 0) is 29.2 Å². The van der Waals surface area contributed by atoms with Gasteiger partial charge in [-0.1, -0.05) is 19.1 Å².